The Balaban J connectivity index is 1.65. The summed E-state index contributed by atoms with van der Waals surface area (Å²) in [7, 11) is 0. The Bertz CT molecular complexity index is 581. The van der Waals surface area contributed by atoms with E-state index in [0.29, 0.717) is 24.7 Å². The van der Waals surface area contributed by atoms with Gasteiger partial charge in [-0.05, 0) is 36.3 Å². The van der Waals surface area contributed by atoms with Crippen LogP contribution >= 0.6 is 0 Å². The SMILES string of the molecule is C=C(C)C(=O)OCCOC1C2C3=CCCC=C3C1(C)C2(C)C. The summed E-state index contributed by atoms with van der Waals surface area (Å²) in [6.07, 6.45) is 7.30. The van der Waals surface area contributed by atoms with Crippen LogP contribution in [0.3, 0.4) is 0 Å². The first-order valence-corrected chi connectivity index (χ1v) is 8.17. The molecule has 0 N–H and O–H groups in total. The first kappa shape index (κ1) is 15.5. The van der Waals surface area contributed by atoms with Crippen molar-refractivity contribution in [3.05, 3.63) is 35.5 Å². The molecule has 0 aromatic rings. The van der Waals surface area contributed by atoms with Gasteiger partial charge in [0.15, 0.2) is 0 Å². The number of hydrogen-bond acceptors (Lipinski definition) is 3. The van der Waals surface area contributed by atoms with Crippen LogP contribution in [0.5, 0.6) is 0 Å². The number of ether oxygens (including phenoxy) is 2. The van der Waals surface area contributed by atoms with Gasteiger partial charge in [-0.1, -0.05) is 39.5 Å². The van der Waals surface area contributed by atoms with Crippen molar-refractivity contribution in [1.29, 1.82) is 0 Å². The maximum Gasteiger partial charge on any atom is 0.333 e. The second kappa shape index (κ2) is 5.09. The van der Waals surface area contributed by atoms with Crippen molar-refractivity contribution >= 4 is 5.97 Å². The molecule has 0 amide bonds. The smallest absolute Gasteiger partial charge is 0.333 e. The topological polar surface area (TPSA) is 35.5 Å². The molecule has 2 bridgehead atoms. The van der Waals surface area contributed by atoms with Crippen LogP contribution in [0.15, 0.2) is 35.5 Å². The molecule has 3 heteroatoms. The molecule has 0 aromatic heterocycles. The molecule has 0 saturated heterocycles. The average molecular weight is 302 g/mol. The molecule has 120 valence electrons. The predicted octanol–water partition coefficient (Wildman–Crippen LogP) is 3.81. The van der Waals surface area contributed by atoms with E-state index in [1.807, 2.05) is 0 Å². The fourth-order valence-electron chi connectivity index (χ4n) is 4.55. The van der Waals surface area contributed by atoms with Gasteiger partial charge in [0.05, 0.1) is 12.7 Å². The van der Waals surface area contributed by atoms with Gasteiger partial charge in [-0.3, -0.25) is 0 Å². The zero-order valence-electron chi connectivity index (χ0n) is 14.1. The number of carbonyl (C=O) groups is 1. The van der Waals surface area contributed by atoms with Crippen molar-refractivity contribution in [2.75, 3.05) is 13.2 Å². The van der Waals surface area contributed by atoms with Gasteiger partial charge in [-0.2, -0.15) is 0 Å². The molecule has 0 aliphatic heterocycles. The molecule has 22 heavy (non-hydrogen) atoms. The van der Waals surface area contributed by atoms with Crippen molar-refractivity contribution in [2.24, 2.45) is 16.7 Å². The number of carbonyl (C=O) groups excluding carboxylic acids is 1. The third-order valence-electron chi connectivity index (χ3n) is 6.04. The molecular formula is C19H26O3. The summed E-state index contributed by atoms with van der Waals surface area (Å²) in [6.45, 7) is 13.0. The minimum absolute atomic E-state index is 0.0856. The largest absolute Gasteiger partial charge is 0.460 e. The highest BCUT2D eigenvalue weighted by atomic mass is 16.6. The standard InChI is InChI=1S/C19H26O3/c1-12(2)17(20)22-11-10-21-16-15-13-8-6-7-9-14(13)19(16,5)18(15,3)4/h8-9,15-16H,1,6-7,10-11H2,2-5H3. The van der Waals surface area contributed by atoms with Crippen molar-refractivity contribution < 1.29 is 14.3 Å². The molecule has 4 rings (SSSR count). The van der Waals surface area contributed by atoms with Crippen LogP contribution in [0.25, 0.3) is 0 Å². The maximum atomic E-state index is 11.4. The molecule has 3 atom stereocenters. The maximum absolute atomic E-state index is 11.4. The van der Waals surface area contributed by atoms with Gasteiger partial charge in [-0.25, -0.2) is 4.79 Å². The van der Waals surface area contributed by atoms with Gasteiger partial charge >= 0.3 is 5.97 Å². The van der Waals surface area contributed by atoms with Crippen LogP contribution < -0.4 is 0 Å². The van der Waals surface area contributed by atoms with Gasteiger partial charge in [0.1, 0.15) is 6.61 Å². The summed E-state index contributed by atoms with van der Waals surface area (Å²) >= 11 is 0. The third-order valence-corrected chi connectivity index (χ3v) is 6.04. The van der Waals surface area contributed by atoms with E-state index in [0.717, 1.165) is 12.8 Å². The van der Waals surface area contributed by atoms with Crippen LogP contribution in [0, 0.1) is 16.7 Å². The molecular weight excluding hydrogens is 276 g/mol. The zero-order chi connectivity index (χ0) is 16.1. The van der Waals surface area contributed by atoms with Gasteiger partial charge in [0.25, 0.3) is 0 Å². The minimum Gasteiger partial charge on any atom is -0.460 e. The van der Waals surface area contributed by atoms with Crippen molar-refractivity contribution in [2.45, 2.75) is 46.6 Å². The highest BCUT2D eigenvalue weighted by Crippen LogP contribution is 2.76. The molecule has 3 fully saturated rings. The van der Waals surface area contributed by atoms with Gasteiger partial charge in [-0.15, -0.1) is 0 Å². The van der Waals surface area contributed by atoms with Crippen LogP contribution in [0.1, 0.15) is 40.5 Å². The van der Waals surface area contributed by atoms with E-state index < -0.39 is 0 Å². The summed E-state index contributed by atoms with van der Waals surface area (Å²) in [4.78, 5) is 11.4. The highest BCUT2D eigenvalue weighted by molar-refractivity contribution is 5.86. The average Bonchev–Trinajstić information content (AvgIpc) is 2.85. The second-order valence-corrected chi connectivity index (χ2v) is 7.46. The van der Waals surface area contributed by atoms with Crippen LogP contribution in [0.4, 0.5) is 0 Å². The Morgan fingerprint density at radius 3 is 2.59 bits per heavy atom. The normalized spacial score (nSPS) is 34.2. The van der Waals surface area contributed by atoms with Crippen molar-refractivity contribution in [3.8, 4) is 0 Å². The third kappa shape index (κ3) is 1.88. The lowest BCUT2D eigenvalue weighted by Crippen LogP contribution is -2.60. The lowest BCUT2D eigenvalue weighted by molar-refractivity contribution is -0.190. The van der Waals surface area contributed by atoms with E-state index in [9.17, 15) is 4.79 Å². The molecule has 0 spiro atoms. The number of allylic oxidation sites excluding steroid dienone is 2. The molecule has 3 saturated carbocycles. The Morgan fingerprint density at radius 2 is 1.95 bits per heavy atom. The molecule has 0 aromatic carbocycles. The van der Waals surface area contributed by atoms with Crippen molar-refractivity contribution in [3.63, 3.8) is 0 Å². The summed E-state index contributed by atoms with van der Waals surface area (Å²) in [5, 5.41) is 0. The second-order valence-electron chi connectivity index (χ2n) is 7.46. The Morgan fingerprint density at radius 1 is 1.27 bits per heavy atom. The summed E-state index contributed by atoms with van der Waals surface area (Å²) in [6, 6.07) is 0. The minimum atomic E-state index is -0.342. The predicted molar refractivity (Wildman–Crippen MR) is 86.3 cm³/mol. The molecule has 4 aliphatic carbocycles. The fraction of sp³-hybridized carbons (Fsp3) is 0.632. The molecule has 4 aliphatic rings. The molecule has 3 unspecified atom stereocenters. The lowest BCUT2D eigenvalue weighted by Gasteiger charge is -2.58. The summed E-state index contributed by atoms with van der Waals surface area (Å²) in [5.41, 5.74) is 3.76. The van der Waals surface area contributed by atoms with Gasteiger partial charge < -0.3 is 9.47 Å². The summed E-state index contributed by atoms with van der Waals surface area (Å²) < 4.78 is 11.3. The quantitative estimate of drug-likeness (QED) is 0.440. The zero-order valence-corrected chi connectivity index (χ0v) is 14.1. The summed E-state index contributed by atoms with van der Waals surface area (Å²) in [5.74, 6) is 0.131. The number of rotatable bonds is 5. The first-order chi connectivity index (χ1) is 10.3. The van der Waals surface area contributed by atoms with Crippen LogP contribution in [-0.2, 0) is 14.3 Å². The van der Waals surface area contributed by atoms with Crippen LogP contribution in [0.2, 0.25) is 0 Å². The monoisotopic (exact) mass is 302 g/mol. The van der Waals surface area contributed by atoms with Crippen LogP contribution in [-0.4, -0.2) is 25.3 Å². The van der Waals surface area contributed by atoms with Crippen molar-refractivity contribution in [1.82, 2.24) is 0 Å². The lowest BCUT2D eigenvalue weighted by atomic mass is 9.49. The van der Waals surface area contributed by atoms with Gasteiger partial charge in [0, 0.05) is 16.9 Å². The van der Waals surface area contributed by atoms with E-state index in [1.165, 1.54) is 11.1 Å². The Labute approximate surface area is 133 Å². The highest BCUT2D eigenvalue weighted by Gasteiger charge is 2.74. The molecule has 0 heterocycles. The Kier molecular flexibility index (Phi) is 3.59. The van der Waals surface area contributed by atoms with E-state index >= 15 is 0 Å². The first-order valence-electron chi connectivity index (χ1n) is 8.17. The van der Waals surface area contributed by atoms with E-state index in [1.54, 1.807) is 6.92 Å². The number of hydrogen-bond donors (Lipinski definition) is 0. The van der Waals surface area contributed by atoms with Gasteiger partial charge in [0.2, 0.25) is 0 Å². The van der Waals surface area contributed by atoms with E-state index in [4.69, 9.17) is 9.47 Å². The van der Waals surface area contributed by atoms with E-state index in [-0.39, 0.29) is 22.9 Å². The fourth-order valence-corrected chi connectivity index (χ4v) is 4.55. The van der Waals surface area contributed by atoms with E-state index in [2.05, 4.69) is 39.5 Å². The molecule has 3 nitrogen and oxygen atoms in total. The Hall–Kier alpha value is -1.35. The number of esters is 1. The molecule has 0 radical (unpaired) electrons.